The van der Waals surface area contributed by atoms with Crippen molar-refractivity contribution in [1.82, 2.24) is 14.9 Å². The molecule has 0 fully saturated rings. The smallest absolute Gasteiger partial charge is 0.221 e. The number of hydrogen-bond donors (Lipinski definition) is 1. The third kappa shape index (κ3) is 3.48. The van der Waals surface area contributed by atoms with Crippen molar-refractivity contribution in [2.45, 2.75) is 32.7 Å². The number of carbonyl (C=O) groups excluding carboxylic acids is 1. The third-order valence-corrected chi connectivity index (χ3v) is 5.88. The highest BCUT2D eigenvalue weighted by atomic mass is 32.1. The van der Waals surface area contributed by atoms with Gasteiger partial charge in [-0.15, -0.1) is 11.3 Å². The van der Waals surface area contributed by atoms with E-state index in [1.807, 2.05) is 5.51 Å². The molecule has 1 aromatic carbocycles. The van der Waals surface area contributed by atoms with E-state index in [9.17, 15) is 4.79 Å². The normalized spacial score (nSPS) is 16.1. The summed E-state index contributed by atoms with van der Waals surface area (Å²) in [7, 11) is 0. The highest BCUT2D eigenvalue weighted by Gasteiger charge is 2.21. The number of rotatable bonds is 3. The second kappa shape index (κ2) is 7.13. The van der Waals surface area contributed by atoms with E-state index >= 15 is 0 Å². The number of carbonyl (C=O) groups is 1. The van der Waals surface area contributed by atoms with Crippen molar-refractivity contribution in [3.63, 3.8) is 0 Å². The Morgan fingerprint density at radius 1 is 1.23 bits per heavy atom. The molecule has 0 spiro atoms. The van der Waals surface area contributed by atoms with Crippen LogP contribution in [0, 0.1) is 0 Å². The number of fused-ring (bicyclic) bond motifs is 2. The molecule has 0 aliphatic carbocycles. The number of hydrogen-bond acceptors (Lipinski definition) is 5. The van der Waals surface area contributed by atoms with Crippen LogP contribution in [0.15, 0.2) is 36.0 Å². The molecule has 5 nitrogen and oxygen atoms in total. The maximum Gasteiger partial charge on any atom is 0.221 e. The molecule has 1 aliphatic rings. The first-order chi connectivity index (χ1) is 12.6. The lowest BCUT2D eigenvalue weighted by atomic mass is 10.1. The summed E-state index contributed by atoms with van der Waals surface area (Å²) in [6, 6.07) is 9.01. The second-order valence-electron chi connectivity index (χ2n) is 6.80. The molecule has 134 valence electrons. The standard InChI is InChI=1S/C20H22N4OS/c1-13(15-3-4-20-19(10-15)22-12-26-20)24-7-5-16-9-17(23-14(2)25)11-21-18(16)6-8-24/h3-4,9-13H,5-8H2,1-2H3,(H,23,25)/t13-/m1/s1. The van der Waals surface area contributed by atoms with Gasteiger partial charge < -0.3 is 5.32 Å². The Hall–Kier alpha value is -2.31. The van der Waals surface area contributed by atoms with Gasteiger partial charge in [-0.1, -0.05) is 6.07 Å². The Morgan fingerprint density at radius 3 is 2.92 bits per heavy atom. The van der Waals surface area contributed by atoms with Crippen LogP contribution in [-0.4, -0.2) is 33.9 Å². The van der Waals surface area contributed by atoms with E-state index in [4.69, 9.17) is 0 Å². The molecule has 2 aromatic heterocycles. The summed E-state index contributed by atoms with van der Waals surface area (Å²) in [5.41, 5.74) is 7.46. The van der Waals surface area contributed by atoms with Crippen molar-refractivity contribution in [2.75, 3.05) is 18.4 Å². The van der Waals surface area contributed by atoms with Gasteiger partial charge in [0.1, 0.15) is 0 Å². The monoisotopic (exact) mass is 366 g/mol. The van der Waals surface area contributed by atoms with Crippen LogP contribution in [0.3, 0.4) is 0 Å². The molecule has 1 atom stereocenters. The third-order valence-electron chi connectivity index (χ3n) is 5.07. The molecule has 1 N–H and O–H groups in total. The summed E-state index contributed by atoms with van der Waals surface area (Å²) in [5, 5.41) is 2.83. The first kappa shape index (κ1) is 17.1. The van der Waals surface area contributed by atoms with Crippen molar-refractivity contribution in [2.24, 2.45) is 0 Å². The average molecular weight is 366 g/mol. The maximum atomic E-state index is 11.3. The highest BCUT2D eigenvalue weighted by Crippen LogP contribution is 2.28. The van der Waals surface area contributed by atoms with Crippen LogP contribution in [0.4, 0.5) is 5.69 Å². The van der Waals surface area contributed by atoms with Gasteiger partial charge in [0, 0.05) is 38.2 Å². The summed E-state index contributed by atoms with van der Waals surface area (Å²) >= 11 is 1.68. The fraction of sp³-hybridized carbons (Fsp3) is 0.350. The van der Waals surface area contributed by atoms with E-state index < -0.39 is 0 Å². The highest BCUT2D eigenvalue weighted by molar-refractivity contribution is 7.16. The molecule has 0 saturated heterocycles. The van der Waals surface area contributed by atoms with Gasteiger partial charge in [-0.2, -0.15) is 0 Å². The molecule has 4 rings (SSSR count). The lowest BCUT2D eigenvalue weighted by Crippen LogP contribution is -2.29. The average Bonchev–Trinajstić information content (AvgIpc) is 2.99. The van der Waals surface area contributed by atoms with Crippen molar-refractivity contribution >= 4 is 33.1 Å². The SMILES string of the molecule is CC(=O)Nc1cnc2c(c1)CCN([C@H](C)c1ccc3scnc3c1)CC2. The zero-order valence-electron chi connectivity index (χ0n) is 15.0. The second-order valence-corrected chi connectivity index (χ2v) is 7.69. The van der Waals surface area contributed by atoms with Crippen molar-refractivity contribution < 1.29 is 4.79 Å². The van der Waals surface area contributed by atoms with Crippen LogP contribution < -0.4 is 5.32 Å². The van der Waals surface area contributed by atoms with Gasteiger partial charge in [0.25, 0.3) is 0 Å². The van der Waals surface area contributed by atoms with Crippen LogP contribution in [-0.2, 0) is 17.6 Å². The van der Waals surface area contributed by atoms with Crippen LogP contribution >= 0.6 is 11.3 Å². The van der Waals surface area contributed by atoms with Crippen molar-refractivity contribution in [1.29, 1.82) is 0 Å². The van der Waals surface area contributed by atoms with Crippen molar-refractivity contribution in [3.8, 4) is 0 Å². The fourth-order valence-corrected chi connectivity index (χ4v) is 4.27. The molecular weight excluding hydrogens is 344 g/mol. The zero-order chi connectivity index (χ0) is 18.1. The van der Waals surface area contributed by atoms with Gasteiger partial charge in [-0.05, 0) is 42.7 Å². The number of nitrogens with zero attached hydrogens (tertiary/aromatic N) is 3. The van der Waals surface area contributed by atoms with E-state index in [-0.39, 0.29) is 5.91 Å². The number of nitrogens with one attached hydrogen (secondary N) is 1. The lowest BCUT2D eigenvalue weighted by Gasteiger charge is -2.27. The lowest BCUT2D eigenvalue weighted by molar-refractivity contribution is -0.114. The Morgan fingerprint density at radius 2 is 2.08 bits per heavy atom. The molecule has 0 unspecified atom stereocenters. The number of pyridine rings is 1. The molecule has 1 aliphatic heterocycles. The minimum Gasteiger partial charge on any atom is -0.325 e. The van der Waals surface area contributed by atoms with Gasteiger partial charge in [-0.25, -0.2) is 4.98 Å². The van der Waals surface area contributed by atoms with E-state index in [2.05, 4.69) is 51.4 Å². The molecule has 0 saturated carbocycles. The molecular formula is C20H22N4OS. The van der Waals surface area contributed by atoms with Crippen molar-refractivity contribution in [3.05, 3.63) is 52.8 Å². The quantitative estimate of drug-likeness (QED) is 0.766. The largest absolute Gasteiger partial charge is 0.325 e. The minimum atomic E-state index is -0.0620. The summed E-state index contributed by atoms with van der Waals surface area (Å²) in [6.45, 7) is 5.75. The van der Waals surface area contributed by atoms with Gasteiger partial charge in [-0.3, -0.25) is 14.7 Å². The Kier molecular flexibility index (Phi) is 4.70. The molecule has 3 aromatic rings. The molecule has 1 amide bonds. The van der Waals surface area contributed by atoms with Crippen LogP contribution in [0.2, 0.25) is 0 Å². The van der Waals surface area contributed by atoms with E-state index in [0.29, 0.717) is 6.04 Å². The summed E-state index contributed by atoms with van der Waals surface area (Å²) in [5.74, 6) is -0.0620. The van der Waals surface area contributed by atoms with E-state index in [1.54, 1.807) is 17.5 Å². The molecule has 26 heavy (non-hydrogen) atoms. The topological polar surface area (TPSA) is 58.1 Å². The number of aromatic nitrogens is 2. The number of thiazole rings is 1. The summed E-state index contributed by atoms with van der Waals surface area (Å²) < 4.78 is 1.24. The molecule has 3 heterocycles. The first-order valence-corrected chi connectivity index (χ1v) is 9.81. The number of benzene rings is 1. The summed E-state index contributed by atoms with van der Waals surface area (Å²) in [6.07, 6.45) is 3.63. The fourth-order valence-electron chi connectivity index (χ4n) is 3.61. The first-order valence-electron chi connectivity index (χ1n) is 8.93. The van der Waals surface area contributed by atoms with Crippen LogP contribution in [0.25, 0.3) is 10.2 Å². The van der Waals surface area contributed by atoms with Gasteiger partial charge >= 0.3 is 0 Å². The summed E-state index contributed by atoms with van der Waals surface area (Å²) in [4.78, 5) is 22.8. The van der Waals surface area contributed by atoms with E-state index in [1.165, 1.54) is 22.8 Å². The molecule has 0 radical (unpaired) electrons. The predicted octanol–water partition coefficient (Wildman–Crippen LogP) is 3.81. The van der Waals surface area contributed by atoms with Gasteiger partial charge in [0.2, 0.25) is 5.91 Å². The Balaban J connectivity index is 1.51. The Bertz CT molecular complexity index is 952. The van der Waals surface area contributed by atoms with E-state index in [0.717, 1.165) is 42.8 Å². The maximum absolute atomic E-state index is 11.3. The minimum absolute atomic E-state index is 0.0620. The predicted molar refractivity (Wildman–Crippen MR) is 106 cm³/mol. The van der Waals surface area contributed by atoms with Crippen LogP contribution in [0.1, 0.15) is 36.7 Å². The molecule has 0 bridgehead atoms. The van der Waals surface area contributed by atoms with Gasteiger partial charge in [0.05, 0.1) is 27.6 Å². The number of anilines is 1. The Labute approximate surface area is 157 Å². The number of amides is 1. The zero-order valence-corrected chi connectivity index (χ0v) is 15.8. The van der Waals surface area contributed by atoms with Crippen LogP contribution in [0.5, 0.6) is 0 Å². The van der Waals surface area contributed by atoms with Gasteiger partial charge in [0.15, 0.2) is 0 Å². The molecule has 6 heteroatoms.